The fourth-order valence-electron chi connectivity index (χ4n) is 0.381. The molecule has 0 aliphatic heterocycles. The van der Waals surface area contributed by atoms with Crippen molar-refractivity contribution in [3.8, 4) is 0 Å². The molecule has 11 heavy (non-hydrogen) atoms. The third-order valence-electron chi connectivity index (χ3n) is 0.819. The minimum atomic E-state index is -0.833. The molecule has 0 aromatic carbocycles. The molecule has 3 nitrogen and oxygen atoms in total. The number of allylic oxidation sites excluding steroid dienone is 1. The molecule has 0 fully saturated rings. The first-order valence-electron chi connectivity index (χ1n) is 3.57. The Morgan fingerprint density at radius 3 is 1.91 bits per heavy atom. The largest absolute Gasteiger partial charge is 0.513 e. The van der Waals surface area contributed by atoms with E-state index in [2.05, 4.69) is 13.5 Å². The quantitative estimate of drug-likeness (QED) is 0.623. The van der Waals surface area contributed by atoms with E-state index in [4.69, 9.17) is 15.0 Å². The van der Waals surface area contributed by atoms with Crippen LogP contribution in [0.1, 0.15) is 33.1 Å². The van der Waals surface area contributed by atoms with Crippen LogP contribution in [0, 0.1) is 0 Å². The number of aliphatic carboxylic acids is 1. The highest BCUT2D eigenvalue weighted by atomic mass is 16.4. The van der Waals surface area contributed by atoms with Gasteiger partial charge in [0.15, 0.2) is 0 Å². The highest BCUT2D eigenvalue weighted by molar-refractivity contribution is 5.62. The van der Waals surface area contributed by atoms with E-state index in [-0.39, 0.29) is 0 Å². The van der Waals surface area contributed by atoms with Crippen LogP contribution in [0.15, 0.2) is 12.3 Å². The van der Waals surface area contributed by atoms with E-state index in [1.165, 1.54) is 0 Å². The van der Waals surface area contributed by atoms with Crippen molar-refractivity contribution < 1.29 is 15.0 Å². The summed E-state index contributed by atoms with van der Waals surface area (Å²) in [5.74, 6) is -0.526. The minimum absolute atomic E-state index is 0.307. The predicted molar refractivity (Wildman–Crippen MR) is 44.6 cm³/mol. The number of rotatable bonds is 3. The van der Waals surface area contributed by atoms with Gasteiger partial charge < -0.3 is 10.2 Å². The van der Waals surface area contributed by atoms with Crippen LogP contribution in [0.4, 0.5) is 0 Å². The van der Waals surface area contributed by atoms with Crippen LogP contribution in [-0.4, -0.2) is 16.2 Å². The van der Waals surface area contributed by atoms with Gasteiger partial charge in [0.2, 0.25) is 0 Å². The van der Waals surface area contributed by atoms with Gasteiger partial charge in [0.25, 0.3) is 5.97 Å². The molecule has 0 aromatic rings. The Bertz CT molecular complexity index is 115. The van der Waals surface area contributed by atoms with E-state index in [1.54, 1.807) is 0 Å². The average molecular weight is 160 g/mol. The van der Waals surface area contributed by atoms with Crippen molar-refractivity contribution in [2.24, 2.45) is 0 Å². The van der Waals surface area contributed by atoms with E-state index in [9.17, 15) is 0 Å². The number of hydrogen-bond acceptors (Lipinski definition) is 2. The van der Waals surface area contributed by atoms with Crippen molar-refractivity contribution in [2.75, 3.05) is 0 Å². The van der Waals surface area contributed by atoms with Gasteiger partial charge in [-0.2, -0.15) is 0 Å². The monoisotopic (exact) mass is 160 g/mol. The van der Waals surface area contributed by atoms with Gasteiger partial charge in [-0.15, -0.1) is 0 Å². The lowest BCUT2D eigenvalue weighted by atomic mass is 10.2. The molecule has 2 N–H and O–H groups in total. The number of aliphatic hydroxyl groups excluding tert-OH is 1. The van der Waals surface area contributed by atoms with E-state index < -0.39 is 5.97 Å². The maximum atomic E-state index is 9.00. The fourth-order valence-corrected chi connectivity index (χ4v) is 0.381. The lowest BCUT2D eigenvalue weighted by Crippen LogP contribution is -1.78. The molecular weight excluding hydrogens is 144 g/mol. The van der Waals surface area contributed by atoms with Gasteiger partial charge in [-0.05, 0) is 6.42 Å². The van der Waals surface area contributed by atoms with E-state index in [0.717, 1.165) is 26.2 Å². The lowest BCUT2D eigenvalue weighted by Gasteiger charge is -1.91. The van der Waals surface area contributed by atoms with Crippen LogP contribution in [0.25, 0.3) is 0 Å². The van der Waals surface area contributed by atoms with Crippen molar-refractivity contribution >= 4 is 5.97 Å². The number of carboxylic acid groups (broad SMARTS) is 1. The zero-order valence-corrected chi connectivity index (χ0v) is 7.13. The van der Waals surface area contributed by atoms with Crippen LogP contribution in [-0.2, 0) is 4.79 Å². The second-order valence-electron chi connectivity index (χ2n) is 2.19. The van der Waals surface area contributed by atoms with Gasteiger partial charge in [-0.1, -0.05) is 19.9 Å². The molecule has 0 unspecified atom stereocenters. The summed E-state index contributed by atoms with van der Waals surface area (Å²) >= 11 is 0. The van der Waals surface area contributed by atoms with Gasteiger partial charge in [0.05, 0.1) is 5.76 Å². The standard InChI is InChI=1S/C6H12O.C2H4O2/c1-3-4-5-6(2)7;1-2(3)4/h7H,2-5H2,1H3;1H3,(H,3,4). The molecule has 0 saturated carbocycles. The van der Waals surface area contributed by atoms with Crippen molar-refractivity contribution in [3.63, 3.8) is 0 Å². The lowest BCUT2D eigenvalue weighted by molar-refractivity contribution is -0.134. The summed E-state index contributed by atoms with van der Waals surface area (Å²) < 4.78 is 0. The van der Waals surface area contributed by atoms with E-state index in [1.807, 2.05) is 0 Å². The SMILES string of the molecule is C=C(O)CCCC.CC(=O)O. The summed E-state index contributed by atoms with van der Waals surface area (Å²) in [6.07, 6.45) is 2.94. The van der Waals surface area contributed by atoms with Gasteiger partial charge >= 0.3 is 0 Å². The summed E-state index contributed by atoms with van der Waals surface area (Å²) in [6.45, 7) is 6.52. The van der Waals surface area contributed by atoms with Crippen molar-refractivity contribution in [2.45, 2.75) is 33.1 Å². The first kappa shape index (κ1) is 12.7. The predicted octanol–water partition coefficient (Wildman–Crippen LogP) is 2.34. The molecule has 0 aliphatic carbocycles. The van der Waals surface area contributed by atoms with E-state index >= 15 is 0 Å². The zero-order chi connectivity index (χ0) is 9.28. The summed E-state index contributed by atoms with van der Waals surface area (Å²) in [5.41, 5.74) is 0. The van der Waals surface area contributed by atoms with Crippen LogP contribution < -0.4 is 0 Å². The normalized spacial score (nSPS) is 7.82. The Morgan fingerprint density at radius 1 is 1.45 bits per heavy atom. The molecule has 0 heterocycles. The molecule has 0 amide bonds. The zero-order valence-electron chi connectivity index (χ0n) is 7.13. The van der Waals surface area contributed by atoms with Crippen LogP contribution in [0.2, 0.25) is 0 Å². The Balaban J connectivity index is 0. The fraction of sp³-hybridized carbons (Fsp3) is 0.625. The van der Waals surface area contributed by atoms with E-state index in [0.29, 0.717) is 5.76 Å². The third kappa shape index (κ3) is 48.9. The highest BCUT2D eigenvalue weighted by Crippen LogP contribution is 1.99. The number of carbonyl (C=O) groups is 1. The highest BCUT2D eigenvalue weighted by Gasteiger charge is 1.83. The molecule has 0 aliphatic rings. The summed E-state index contributed by atoms with van der Waals surface area (Å²) in [5, 5.41) is 15.9. The maximum absolute atomic E-state index is 9.00. The van der Waals surface area contributed by atoms with Gasteiger partial charge in [-0.3, -0.25) is 4.79 Å². The first-order chi connectivity index (χ1) is 5.00. The summed E-state index contributed by atoms with van der Waals surface area (Å²) in [7, 11) is 0. The molecule has 0 radical (unpaired) electrons. The summed E-state index contributed by atoms with van der Waals surface area (Å²) in [6, 6.07) is 0. The second kappa shape index (κ2) is 9.01. The smallest absolute Gasteiger partial charge is 0.300 e. The number of carboxylic acids is 1. The van der Waals surface area contributed by atoms with Crippen LogP contribution in [0.3, 0.4) is 0 Å². The molecular formula is C8H16O3. The maximum Gasteiger partial charge on any atom is 0.300 e. The van der Waals surface area contributed by atoms with Crippen molar-refractivity contribution in [3.05, 3.63) is 12.3 Å². The number of hydrogen-bond donors (Lipinski definition) is 2. The van der Waals surface area contributed by atoms with Gasteiger partial charge in [0, 0.05) is 13.3 Å². The number of unbranched alkanes of at least 4 members (excludes halogenated alkanes) is 1. The Hall–Kier alpha value is -0.990. The Labute approximate surface area is 67.4 Å². The van der Waals surface area contributed by atoms with Gasteiger partial charge in [-0.25, -0.2) is 0 Å². The molecule has 0 aromatic heterocycles. The Morgan fingerprint density at radius 2 is 1.82 bits per heavy atom. The topological polar surface area (TPSA) is 57.5 Å². The summed E-state index contributed by atoms with van der Waals surface area (Å²) in [4.78, 5) is 9.00. The first-order valence-corrected chi connectivity index (χ1v) is 3.57. The molecule has 0 atom stereocenters. The second-order valence-corrected chi connectivity index (χ2v) is 2.19. The van der Waals surface area contributed by atoms with Crippen molar-refractivity contribution in [1.29, 1.82) is 0 Å². The van der Waals surface area contributed by atoms with Crippen molar-refractivity contribution in [1.82, 2.24) is 0 Å². The molecule has 66 valence electrons. The third-order valence-corrected chi connectivity index (χ3v) is 0.819. The van der Waals surface area contributed by atoms with Gasteiger partial charge in [0.1, 0.15) is 0 Å². The molecule has 0 bridgehead atoms. The molecule has 0 spiro atoms. The molecule has 0 rings (SSSR count). The van der Waals surface area contributed by atoms with Crippen LogP contribution in [0.5, 0.6) is 0 Å². The minimum Gasteiger partial charge on any atom is -0.513 e. The average Bonchev–Trinajstić information content (AvgIpc) is 1.82. The molecule has 3 heteroatoms. The number of aliphatic hydroxyl groups is 1. The molecule has 0 saturated heterocycles. The Kier molecular flexibility index (Phi) is 10.4. The van der Waals surface area contributed by atoms with Crippen LogP contribution >= 0.6 is 0 Å².